The molecule has 0 saturated carbocycles. The van der Waals surface area contributed by atoms with Crippen molar-refractivity contribution in [1.29, 1.82) is 5.26 Å². The van der Waals surface area contributed by atoms with E-state index in [1.807, 2.05) is 49.4 Å². The Hall–Kier alpha value is -3.64. The van der Waals surface area contributed by atoms with E-state index in [4.69, 9.17) is 9.84 Å². The van der Waals surface area contributed by atoms with E-state index in [9.17, 15) is 14.9 Å². The van der Waals surface area contributed by atoms with E-state index < -0.39 is 11.9 Å². The standard InChI is InChI=1S/C26H21IN2O4/c1-17(20-5-3-2-4-6-20)29-25(30)22(15-28)13-19-9-12-24(23(27)14-19)33-16-18-7-10-21(11-8-18)26(31)32/h2-14,17H,16H2,1H3,(H,29,30)(H,31,32)/b22-13-/t17-/m1/s1. The van der Waals surface area contributed by atoms with Crippen LogP contribution >= 0.6 is 22.6 Å². The van der Waals surface area contributed by atoms with Crippen molar-refractivity contribution in [1.82, 2.24) is 5.32 Å². The number of aromatic carboxylic acids is 1. The van der Waals surface area contributed by atoms with E-state index in [0.29, 0.717) is 11.3 Å². The monoisotopic (exact) mass is 552 g/mol. The summed E-state index contributed by atoms with van der Waals surface area (Å²) in [6.07, 6.45) is 1.55. The molecule has 3 rings (SSSR count). The molecule has 2 N–H and O–H groups in total. The number of carboxylic acid groups (broad SMARTS) is 1. The summed E-state index contributed by atoms with van der Waals surface area (Å²) < 4.78 is 6.66. The van der Waals surface area contributed by atoms with Gasteiger partial charge in [-0.1, -0.05) is 48.5 Å². The zero-order valence-corrected chi connectivity index (χ0v) is 19.9. The van der Waals surface area contributed by atoms with Gasteiger partial charge in [0, 0.05) is 0 Å². The Labute approximate surface area is 205 Å². The number of hydrogen-bond acceptors (Lipinski definition) is 4. The van der Waals surface area contributed by atoms with Gasteiger partial charge in [0.2, 0.25) is 0 Å². The fourth-order valence-electron chi connectivity index (χ4n) is 3.04. The second-order valence-corrected chi connectivity index (χ2v) is 8.42. The molecule has 3 aromatic rings. The van der Waals surface area contributed by atoms with Crippen LogP contribution in [0.4, 0.5) is 0 Å². The Bertz CT molecular complexity index is 1220. The quantitative estimate of drug-likeness (QED) is 0.223. The van der Waals surface area contributed by atoms with Crippen molar-refractivity contribution in [2.45, 2.75) is 19.6 Å². The first-order valence-electron chi connectivity index (χ1n) is 10.1. The van der Waals surface area contributed by atoms with Crippen LogP contribution in [0, 0.1) is 14.9 Å². The summed E-state index contributed by atoms with van der Waals surface area (Å²) in [5.74, 6) is -0.759. The molecule has 0 heterocycles. The van der Waals surface area contributed by atoms with E-state index in [2.05, 4.69) is 27.9 Å². The molecule has 6 nitrogen and oxygen atoms in total. The normalized spacial score (nSPS) is 11.8. The summed E-state index contributed by atoms with van der Waals surface area (Å²) in [7, 11) is 0. The SMILES string of the molecule is C[C@@H](NC(=O)/C(C#N)=C\c1ccc(OCc2ccc(C(=O)O)cc2)c(I)c1)c1ccccc1. The predicted octanol–water partition coefficient (Wildman–Crippen LogP) is 5.35. The number of nitriles is 1. The van der Waals surface area contributed by atoms with Crippen molar-refractivity contribution in [3.05, 3.63) is 104 Å². The Morgan fingerprint density at radius 3 is 2.42 bits per heavy atom. The number of hydrogen-bond donors (Lipinski definition) is 2. The molecule has 0 aromatic heterocycles. The van der Waals surface area contributed by atoms with Crippen LogP contribution in [0.5, 0.6) is 5.75 Å². The summed E-state index contributed by atoms with van der Waals surface area (Å²) in [6, 6.07) is 23.2. The number of benzene rings is 3. The Balaban J connectivity index is 1.66. The van der Waals surface area contributed by atoms with Gasteiger partial charge in [0.25, 0.3) is 5.91 Å². The molecule has 0 fully saturated rings. The fourth-order valence-corrected chi connectivity index (χ4v) is 3.74. The molecule has 0 unspecified atom stereocenters. The lowest BCUT2D eigenvalue weighted by atomic mass is 10.1. The van der Waals surface area contributed by atoms with Gasteiger partial charge < -0.3 is 15.2 Å². The van der Waals surface area contributed by atoms with Crippen molar-refractivity contribution < 1.29 is 19.4 Å². The van der Waals surface area contributed by atoms with E-state index in [1.54, 1.807) is 30.3 Å². The van der Waals surface area contributed by atoms with Crippen LogP contribution in [0.3, 0.4) is 0 Å². The van der Waals surface area contributed by atoms with E-state index in [0.717, 1.165) is 14.7 Å². The Kier molecular flexibility index (Phi) is 8.22. The van der Waals surface area contributed by atoms with Gasteiger partial charge in [-0.25, -0.2) is 4.79 Å². The van der Waals surface area contributed by atoms with Crippen molar-refractivity contribution in [3.8, 4) is 11.8 Å². The third-order valence-corrected chi connectivity index (χ3v) is 5.72. The molecule has 166 valence electrons. The molecular formula is C26H21IN2O4. The number of carbonyl (C=O) groups excluding carboxylic acids is 1. The van der Waals surface area contributed by atoms with E-state index >= 15 is 0 Å². The number of nitrogens with one attached hydrogen (secondary N) is 1. The third kappa shape index (κ3) is 6.67. The van der Waals surface area contributed by atoms with Gasteiger partial charge in [0.05, 0.1) is 15.2 Å². The summed E-state index contributed by atoms with van der Waals surface area (Å²) >= 11 is 2.13. The second-order valence-electron chi connectivity index (χ2n) is 7.26. The van der Waals surface area contributed by atoms with Crippen LogP contribution in [0.25, 0.3) is 6.08 Å². The molecule has 33 heavy (non-hydrogen) atoms. The number of carboxylic acids is 1. The topological polar surface area (TPSA) is 99.4 Å². The van der Waals surface area contributed by atoms with Crippen LogP contribution < -0.4 is 10.1 Å². The van der Waals surface area contributed by atoms with Gasteiger partial charge in [-0.3, -0.25) is 4.79 Å². The maximum absolute atomic E-state index is 12.6. The molecule has 3 aromatic carbocycles. The number of amides is 1. The first-order valence-corrected chi connectivity index (χ1v) is 11.2. The minimum Gasteiger partial charge on any atom is -0.488 e. The Morgan fingerprint density at radius 1 is 1.12 bits per heavy atom. The zero-order valence-electron chi connectivity index (χ0n) is 17.8. The maximum atomic E-state index is 12.6. The molecule has 7 heteroatoms. The molecule has 0 aliphatic heterocycles. The predicted molar refractivity (Wildman–Crippen MR) is 133 cm³/mol. The van der Waals surface area contributed by atoms with Crippen LogP contribution in [-0.2, 0) is 11.4 Å². The highest BCUT2D eigenvalue weighted by Gasteiger charge is 2.14. The summed E-state index contributed by atoms with van der Waals surface area (Å²) in [6.45, 7) is 2.15. The lowest BCUT2D eigenvalue weighted by Gasteiger charge is -2.14. The lowest BCUT2D eigenvalue weighted by molar-refractivity contribution is -0.117. The largest absolute Gasteiger partial charge is 0.488 e. The average Bonchev–Trinajstić information content (AvgIpc) is 2.82. The van der Waals surface area contributed by atoms with Crippen molar-refractivity contribution in [2.24, 2.45) is 0 Å². The molecule has 0 saturated heterocycles. The zero-order chi connectivity index (χ0) is 23.8. The molecule has 0 bridgehead atoms. The first kappa shape index (κ1) is 24.0. The maximum Gasteiger partial charge on any atom is 0.335 e. The number of nitrogens with zero attached hydrogens (tertiary/aromatic N) is 1. The van der Waals surface area contributed by atoms with Gasteiger partial charge in [0.15, 0.2) is 0 Å². The van der Waals surface area contributed by atoms with Crippen molar-refractivity contribution >= 4 is 40.5 Å². The minimum atomic E-state index is -0.972. The van der Waals surface area contributed by atoms with Gasteiger partial charge in [-0.15, -0.1) is 0 Å². The van der Waals surface area contributed by atoms with E-state index in [1.165, 1.54) is 12.1 Å². The summed E-state index contributed by atoms with van der Waals surface area (Å²) in [5, 5.41) is 21.3. The van der Waals surface area contributed by atoms with Crippen LogP contribution in [0.15, 0.2) is 78.4 Å². The third-order valence-electron chi connectivity index (χ3n) is 4.87. The average molecular weight is 552 g/mol. The van der Waals surface area contributed by atoms with Crippen molar-refractivity contribution in [2.75, 3.05) is 0 Å². The number of ether oxygens (including phenoxy) is 1. The fraction of sp³-hybridized carbons (Fsp3) is 0.115. The summed E-state index contributed by atoms with van der Waals surface area (Å²) in [5.41, 5.74) is 2.74. The highest BCUT2D eigenvalue weighted by atomic mass is 127. The van der Waals surface area contributed by atoms with E-state index in [-0.39, 0.29) is 23.8 Å². The smallest absolute Gasteiger partial charge is 0.335 e. The first-order chi connectivity index (χ1) is 15.9. The van der Waals surface area contributed by atoms with Crippen molar-refractivity contribution in [3.63, 3.8) is 0 Å². The van der Waals surface area contributed by atoms with Gasteiger partial charge >= 0.3 is 5.97 Å². The molecule has 0 aliphatic rings. The molecule has 1 amide bonds. The summed E-state index contributed by atoms with van der Waals surface area (Å²) in [4.78, 5) is 23.5. The molecule has 0 radical (unpaired) electrons. The van der Waals surface area contributed by atoms with Gasteiger partial charge in [0.1, 0.15) is 24.0 Å². The highest BCUT2D eigenvalue weighted by molar-refractivity contribution is 14.1. The lowest BCUT2D eigenvalue weighted by Crippen LogP contribution is -2.27. The molecule has 1 atom stereocenters. The molecular weight excluding hydrogens is 531 g/mol. The van der Waals surface area contributed by atoms with Crippen LogP contribution in [-0.4, -0.2) is 17.0 Å². The highest BCUT2D eigenvalue weighted by Crippen LogP contribution is 2.24. The van der Waals surface area contributed by atoms with Gasteiger partial charge in [-0.2, -0.15) is 5.26 Å². The van der Waals surface area contributed by atoms with Crippen LogP contribution in [0.1, 0.15) is 40.0 Å². The minimum absolute atomic E-state index is 0.0146. The number of halogens is 1. The molecule has 0 spiro atoms. The number of carbonyl (C=O) groups is 2. The van der Waals surface area contributed by atoms with Crippen LogP contribution in [0.2, 0.25) is 0 Å². The van der Waals surface area contributed by atoms with Gasteiger partial charge in [-0.05, 0) is 76.5 Å². The Morgan fingerprint density at radius 2 is 1.82 bits per heavy atom. The second kappa shape index (κ2) is 11.3. The molecule has 0 aliphatic carbocycles. The number of rotatable bonds is 8.